The van der Waals surface area contributed by atoms with E-state index in [1.165, 1.54) is 6.42 Å². The van der Waals surface area contributed by atoms with Gasteiger partial charge in [0.1, 0.15) is 5.60 Å². The lowest BCUT2D eigenvalue weighted by Gasteiger charge is -2.24. The van der Waals surface area contributed by atoms with Gasteiger partial charge in [0.05, 0.1) is 6.04 Å². The number of halogens is 1. The molecule has 2 aliphatic rings. The number of carbonyl (C=O) groups is 2. The summed E-state index contributed by atoms with van der Waals surface area (Å²) in [5, 5.41) is 9.26. The first-order valence-corrected chi connectivity index (χ1v) is 10.0. The smallest absolute Gasteiger partial charge is 0.407 e. The zero-order valence-corrected chi connectivity index (χ0v) is 19.9. The second kappa shape index (κ2) is 11.7. The van der Waals surface area contributed by atoms with Crippen molar-refractivity contribution in [2.45, 2.75) is 64.5 Å². The van der Waals surface area contributed by atoms with E-state index < -0.39 is 5.60 Å². The molecular formula is C19H36IN5O3. The number of carbonyl (C=O) groups excluding carboxylic acids is 2. The normalized spacial score (nSPS) is 20.1. The maximum Gasteiger partial charge on any atom is 0.407 e. The zero-order chi connectivity index (χ0) is 19.9. The predicted molar refractivity (Wildman–Crippen MR) is 121 cm³/mol. The molecular weight excluding hydrogens is 473 g/mol. The molecule has 2 fully saturated rings. The van der Waals surface area contributed by atoms with E-state index in [4.69, 9.17) is 4.74 Å². The lowest BCUT2D eigenvalue weighted by Crippen LogP contribution is -2.44. The molecule has 0 bridgehead atoms. The molecule has 8 nitrogen and oxygen atoms in total. The molecule has 0 aromatic rings. The number of nitrogens with one attached hydrogen (secondary N) is 3. The second-order valence-electron chi connectivity index (χ2n) is 8.32. The number of nitrogens with zero attached hydrogens (tertiary/aromatic N) is 2. The van der Waals surface area contributed by atoms with Gasteiger partial charge < -0.3 is 25.6 Å². The largest absolute Gasteiger partial charge is 0.444 e. The van der Waals surface area contributed by atoms with Gasteiger partial charge in [-0.15, -0.1) is 24.0 Å². The van der Waals surface area contributed by atoms with Gasteiger partial charge in [-0.2, -0.15) is 0 Å². The van der Waals surface area contributed by atoms with Gasteiger partial charge in [0.25, 0.3) is 0 Å². The van der Waals surface area contributed by atoms with Gasteiger partial charge in [0, 0.05) is 39.1 Å². The fourth-order valence-electron chi connectivity index (χ4n) is 3.19. The Balaban J connectivity index is 0.00000392. The average Bonchev–Trinajstić information content (AvgIpc) is 2.95. The Morgan fingerprint density at radius 2 is 1.82 bits per heavy atom. The van der Waals surface area contributed by atoms with Crippen LogP contribution in [0.2, 0.25) is 0 Å². The van der Waals surface area contributed by atoms with Gasteiger partial charge in [-0.05, 0) is 46.5 Å². The predicted octanol–water partition coefficient (Wildman–Crippen LogP) is 2.09. The summed E-state index contributed by atoms with van der Waals surface area (Å²) < 4.78 is 5.31. The quantitative estimate of drug-likeness (QED) is 0.221. The highest BCUT2D eigenvalue weighted by Crippen LogP contribution is 2.26. The molecule has 1 saturated heterocycles. The average molecular weight is 509 g/mol. The number of aliphatic imine (C=N–C) groups is 1. The number of hydrogen-bond donors (Lipinski definition) is 3. The highest BCUT2D eigenvalue weighted by Gasteiger charge is 2.28. The van der Waals surface area contributed by atoms with E-state index in [2.05, 4.69) is 25.8 Å². The lowest BCUT2D eigenvalue weighted by molar-refractivity contribution is -0.127. The SMILES string of the molecule is CN=C(NCCCNC(=O)C1CCC1)N1CC[C@@H](NC(=O)OC(C)(C)C)C1.I. The van der Waals surface area contributed by atoms with Crippen LogP contribution in [0.1, 0.15) is 52.9 Å². The van der Waals surface area contributed by atoms with Crippen LogP contribution in [0.25, 0.3) is 0 Å². The first kappa shape index (κ1) is 24.8. The summed E-state index contributed by atoms with van der Waals surface area (Å²) in [5.41, 5.74) is -0.492. The summed E-state index contributed by atoms with van der Waals surface area (Å²) in [7, 11) is 1.76. The summed E-state index contributed by atoms with van der Waals surface area (Å²) in [6, 6.07) is 0.0557. The summed E-state index contributed by atoms with van der Waals surface area (Å²) >= 11 is 0. The van der Waals surface area contributed by atoms with E-state index >= 15 is 0 Å². The van der Waals surface area contributed by atoms with Crippen molar-refractivity contribution in [1.82, 2.24) is 20.9 Å². The number of rotatable bonds is 6. The second-order valence-corrected chi connectivity index (χ2v) is 8.32. The molecule has 0 radical (unpaired) electrons. The van der Waals surface area contributed by atoms with Crippen LogP contribution in [0.5, 0.6) is 0 Å². The van der Waals surface area contributed by atoms with Crippen molar-refractivity contribution in [3.63, 3.8) is 0 Å². The van der Waals surface area contributed by atoms with Crippen LogP contribution in [0.3, 0.4) is 0 Å². The standard InChI is InChI=1S/C19H35N5O3.HI/c1-19(2,3)27-18(26)23-15-9-12-24(13-15)17(20-4)22-11-6-10-21-16(25)14-7-5-8-14;/h14-15H,5-13H2,1-4H3,(H,20,22)(H,21,25)(H,23,26);1H/t15-;/m1./s1. The molecule has 9 heteroatoms. The Hall–Kier alpha value is -1.26. The molecule has 1 heterocycles. The van der Waals surface area contributed by atoms with Crippen molar-refractivity contribution in [2.24, 2.45) is 10.9 Å². The molecule has 2 rings (SSSR count). The molecule has 1 saturated carbocycles. The van der Waals surface area contributed by atoms with E-state index in [0.29, 0.717) is 13.1 Å². The van der Waals surface area contributed by atoms with Crippen molar-refractivity contribution >= 4 is 41.9 Å². The number of guanidine groups is 1. The monoisotopic (exact) mass is 509 g/mol. The zero-order valence-electron chi connectivity index (χ0n) is 17.5. The van der Waals surface area contributed by atoms with Gasteiger partial charge in [-0.3, -0.25) is 9.79 Å². The third-order valence-corrected chi connectivity index (χ3v) is 4.83. The molecule has 1 aliphatic carbocycles. The molecule has 0 aromatic heterocycles. The Bertz CT molecular complexity index is 546. The third-order valence-electron chi connectivity index (χ3n) is 4.83. The molecule has 0 spiro atoms. The Morgan fingerprint density at radius 3 is 2.39 bits per heavy atom. The summed E-state index contributed by atoms with van der Waals surface area (Å²) in [5.74, 6) is 1.26. The van der Waals surface area contributed by atoms with E-state index in [-0.39, 0.29) is 47.9 Å². The number of likely N-dealkylation sites (tertiary alicyclic amines) is 1. The van der Waals surface area contributed by atoms with Gasteiger partial charge in [0.15, 0.2) is 5.96 Å². The molecule has 0 aromatic carbocycles. The van der Waals surface area contributed by atoms with Crippen molar-refractivity contribution in [3.8, 4) is 0 Å². The van der Waals surface area contributed by atoms with Crippen LogP contribution >= 0.6 is 24.0 Å². The Labute approximate surface area is 185 Å². The highest BCUT2D eigenvalue weighted by atomic mass is 127. The third kappa shape index (κ3) is 8.40. The fourth-order valence-corrected chi connectivity index (χ4v) is 3.19. The fraction of sp³-hybridized carbons (Fsp3) is 0.842. The van der Waals surface area contributed by atoms with Crippen molar-refractivity contribution in [1.29, 1.82) is 0 Å². The maximum absolute atomic E-state index is 11.9. The molecule has 3 N–H and O–H groups in total. The molecule has 162 valence electrons. The van der Waals surface area contributed by atoms with Crippen LogP contribution < -0.4 is 16.0 Å². The van der Waals surface area contributed by atoms with E-state index in [1.807, 2.05) is 20.8 Å². The number of amides is 2. The summed E-state index contributed by atoms with van der Waals surface area (Å²) in [4.78, 5) is 30.2. The molecule has 1 aliphatic heterocycles. The van der Waals surface area contributed by atoms with E-state index in [9.17, 15) is 9.59 Å². The topological polar surface area (TPSA) is 95.1 Å². The minimum atomic E-state index is -0.492. The van der Waals surface area contributed by atoms with Crippen LogP contribution in [-0.2, 0) is 9.53 Å². The lowest BCUT2D eigenvalue weighted by atomic mass is 9.85. The minimum Gasteiger partial charge on any atom is -0.444 e. The summed E-state index contributed by atoms with van der Waals surface area (Å²) in [6.45, 7) is 8.53. The van der Waals surface area contributed by atoms with Crippen molar-refractivity contribution in [2.75, 3.05) is 33.2 Å². The van der Waals surface area contributed by atoms with Crippen LogP contribution in [0.15, 0.2) is 4.99 Å². The maximum atomic E-state index is 11.9. The first-order chi connectivity index (χ1) is 12.8. The number of alkyl carbamates (subject to hydrolysis) is 1. The van der Waals surface area contributed by atoms with E-state index in [1.54, 1.807) is 7.05 Å². The Kier molecular flexibility index (Phi) is 10.3. The Morgan fingerprint density at radius 1 is 1.14 bits per heavy atom. The van der Waals surface area contributed by atoms with E-state index in [0.717, 1.165) is 44.7 Å². The van der Waals surface area contributed by atoms with Crippen LogP contribution in [0.4, 0.5) is 4.79 Å². The minimum absolute atomic E-state index is 0. The molecule has 0 unspecified atom stereocenters. The highest BCUT2D eigenvalue weighted by molar-refractivity contribution is 14.0. The summed E-state index contributed by atoms with van der Waals surface area (Å²) in [6.07, 6.45) is 4.58. The first-order valence-electron chi connectivity index (χ1n) is 10.0. The molecule has 2 amide bonds. The molecule has 1 atom stereocenters. The van der Waals surface area contributed by atoms with Gasteiger partial charge >= 0.3 is 6.09 Å². The van der Waals surface area contributed by atoms with Crippen LogP contribution in [-0.4, -0.2) is 67.7 Å². The van der Waals surface area contributed by atoms with Gasteiger partial charge in [-0.1, -0.05) is 6.42 Å². The van der Waals surface area contributed by atoms with Crippen molar-refractivity contribution < 1.29 is 14.3 Å². The van der Waals surface area contributed by atoms with Crippen LogP contribution in [0, 0.1) is 5.92 Å². The van der Waals surface area contributed by atoms with Gasteiger partial charge in [0.2, 0.25) is 5.91 Å². The van der Waals surface area contributed by atoms with Gasteiger partial charge in [-0.25, -0.2) is 4.79 Å². The number of hydrogen-bond acceptors (Lipinski definition) is 4. The number of ether oxygens (including phenoxy) is 1. The molecule has 28 heavy (non-hydrogen) atoms. The van der Waals surface area contributed by atoms with Crippen molar-refractivity contribution in [3.05, 3.63) is 0 Å².